The van der Waals surface area contributed by atoms with Crippen molar-refractivity contribution in [2.24, 2.45) is 11.8 Å². The van der Waals surface area contributed by atoms with E-state index in [0.29, 0.717) is 36.9 Å². The van der Waals surface area contributed by atoms with Crippen molar-refractivity contribution in [3.8, 4) is 5.69 Å². The molecule has 2 fully saturated rings. The van der Waals surface area contributed by atoms with Gasteiger partial charge in [0, 0.05) is 57.7 Å². The fraction of sp³-hybridized carbons (Fsp3) is 0.588. The van der Waals surface area contributed by atoms with Crippen molar-refractivity contribution in [1.29, 1.82) is 0 Å². The van der Waals surface area contributed by atoms with Gasteiger partial charge in [0.15, 0.2) is 17.9 Å². The highest BCUT2D eigenvalue weighted by molar-refractivity contribution is 5.82. The van der Waals surface area contributed by atoms with Crippen LogP contribution in [0, 0.1) is 18.8 Å². The maximum atomic E-state index is 13.0. The van der Waals surface area contributed by atoms with Crippen LogP contribution in [0.15, 0.2) is 41.1 Å². The third-order valence-electron chi connectivity index (χ3n) is 9.48. The fourth-order valence-corrected chi connectivity index (χ4v) is 6.79. The molecule has 47 heavy (non-hydrogen) atoms. The second-order valence-electron chi connectivity index (χ2n) is 12.8. The van der Waals surface area contributed by atoms with Gasteiger partial charge in [-0.25, -0.2) is 4.98 Å². The summed E-state index contributed by atoms with van der Waals surface area (Å²) in [6.45, 7) is 7.88. The molecular weight excluding hydrogens is 604 g/mol. The van der Waals surface area contributed by atoms with E-state index in [1.807, 2.05) is 61.9 Å². The third kappa shape index (κ3) is 8.03. The van der Waals surface area contributed by atoms with Gasteiger partial charge in [-0.15, -0.1) is 0 Å². The highest BCUT2D eigenvalue weighted by atomic mass is 16.7. The van der Waals surface area contributed by atoms with E-state index in [-0.39, 0.29) is 36.2 Å². The van der Waals surface area contributed by atoms with Crippen molar-refractivity contribution in [3.63, 3.8) is 0 Å². The number of imidazole rings is 1. The lowest BCUT2D eigenvalue weighted by molar-refractivity contribution is -0.144. The standard InChI is InChI=1S/C34H48N6O7/c1-20(31(33(43)44-4)29-17-30(38-47-29)39-13-11-24(12-14-39)34(45-5)46-6)15-25-19-40(22(3)37-25)26-9-7-23(8-10-26)21(2)36-32(42)28-16-27(41)18-35-28/h7-10,17,19-21,24,27-28,31,34-35,41H,11-16,18H2,1-6H3,(H,36,42)/t20?,21-,27+,28-,31?/m0/s1. The number of β-amino-alcohol motifs (C(OH)–C–C–N with tert-alkyl or cyclic N) is 1. The number of hydrogen-bond donors (Lipinski definition) is 3. The molecule has 2 unspecified atom stereocenters. The summed E-state index contributed by atoms with van der Waals surface area (Å²) >= 11 is 0. The Morgan fingerprint density at radius 3 is 2.45 bits per heavy atom. The van der Waals surface area contributed by atoms with Gasteiger partial charge < -0.3 is 43.9 Å². The summed E-state index contributed by atoms with van der Waals surface area (Å²) in [5, 5.41) is 20.1. The Labute approximate surface area is 275 Å². The Morgan fingerprint density at radius 2 is 1.83 bits per heavy atom. The number of aromatic nitrogens is 3. The first-order chi connectivity index (χ1) is 22.6. The number of methoxy groups -OCH3 is 3. The zero-order chi connectivity index (χ0) is 33.7. The summed E-state index contributed by atoms with van der Waals surface area (Å²) in [7, 11) is 4.71. The molecule has 2 aliphatic heterocycles. The summed E-state index contributed by atoms with van der Waals surface area (Å²) in [4.78, 5) is 32.6. The minimum atomic E-state index is -0.644. The van der Waals surface area contributed by atoms with E-state index >= 15 is 0 Å². The van der Waals surface area contributed by atoms with Gasteiger partial charge in [-0.05, 0) is 63.1 Å². The quantitative estimate of drug-likeness (QED) is 0.185. The number of nitrogens with one attached hydrogen (secondary N) is 2. The molecule has 5 atom stereocenters. The van der Waals surface area contributed by atoms with Gasteiger partial charge in [0.25, 0.3) is 0 Å². The molecule has 3 N–H and O–H groups in total. The number of nitrogens with zero attached hydrogens (tertiary/aromatic N) is 4. The molecule has 2 saturated heterocycles. The summed E-state index contributed by atoms with van der Waals surface area (Å²) in [5.41, 5.74) is 2.75. The molecule has 1 aromatic carbocycles. The number of aliphatic hydroxyl groups is 1. The Hall–Kier alpha value is -3.78. The highest BCUT2D eigenvalue weighted by Gasteiger charge is 2.34. The molecule has 0 aliphatic carbocycles. The van der Waals surface area contributed by atoms with Crippen molar-refractivity contribution >= 4 is 17.7 Å². The zero-order valence-corrected chi connectivity index (χ0v) is 28.1. The maximum absolute atomic E-state index is 13.0. The number of piperidine rings is 1. The normalized spacial score (nSPS) is 20.7. The van der Waals surface area contributed by atoms with Crippen LogP contribution >= 0.6 is 0 Å². The second kappa shape index (κ2) is 15.4. The molecule has 0 bridgehead atoms. The number of anilines is 1. The Balaban J connectivity index is 1.22. The van der Waals surface area contributed by atoms with Crippen LogP contribution < -0.4 is 15.5 Å². The number of hydrogen-bond acceptors (Lipinski definition) is 11. The lowest BCUT2D eigenvalue weighted by Crippen LogP contribution is -2.41. The van der Waals surface area contributed by atoms with Crippen molar-refractivity contribution in [3.05, 3.63) is 59.4 Å². The molecule has 3 aromatic rings. The fourth-order valence-electron chi connectivity index (χ4n) is 6.79. The molecule has 2 aromatic heterocycles. The van der Waals surface area contributed by atoms with Crippen molar-refractivity contribution in [2.75, 3.05) is 45.9 Å². The van der Waals surface area contributed by atoms with Crippen LogP contribution in [0.5, 0.6) is 0 Å². The van der Waals surface area contributed by atoms with Crippen molar-refractivity contribution in [2.45, 2.75) is 76.9 Å². The van der Waals surface area contributed by atoms with E-state index in [0.717, 1.165) is 48.7 Å². The first kappa shape index (κ1) is 34.6. The number of rotatable bonds is 13. The molecule has 0 spiro atoms. The predicted molar refractivity (Wildman–Crippen MR) is 174 cm³/mol. The van der Waals surface area contributed by atoms with Gasteiger partial charge in [-0.2, -0.15) is 0 Å². The van der Waals surface area contributed by atoms with Gasteiger partial charge in [-0.3, -0.25) is 9.59 Å². The summed E-state index contributed by atoms with van der Waals surface area (Å²) in [6.07, 6.45) is 4.02. The van der Waals surface area contributed by atoms with Gasteiger partial charge in [-0.1, -0.05) is 24.2 Å². The molecule has 256 valence electrons. The lowest BCUT2D eigenvalue weighted by atomic mass is 9.88. The molecule has 0 saturated carbocycles. The van der Waals surface area contributed by atoms with E-state index in [1.54, 1.807) is 14.2 Å². The van der Waals surface area contributed by atoms with Crippen LogP contribution in [-0.4, -0.2) is 91.1 Å². The maximum Gasteiger partial charge on any atom is 0.316 e. The van der Waals surface area contributed by atoms with Crippen molar-refractivity contribution < 1.29 is 33.4 Å². The second-order valence-corrected chi connectivity index (χ2v) is 12.8. The van der Waals surface area contributed by atoms with Crippen LogP contribution in [0.3, 0.4) is 0 Å². The first-order valence-corrected chi connectivity index (χ1v) is 16.3. The Kier molecular flexibility index (Phi) is 11.3. The number of aliphatic hydroxyl groups excluding tert-OH is 1. The number of ether oxygens (including phenoxy) is 3. The molecule has 0 radical (unpaired) electrons. The van der Waals surface area contributed by atoms with E-state index in [4.69, 9.17) is 23.7 Å². The van der Waals surface area contributed by atoms with E-state index in [1.165, 1.54) is 7.11 Å². The summed E-state index contributed by atoms with van der Waals surface area (Å²) < 4.78 is 23.9. The Bertz CT molecular complexity index is 1480. The number of carbonyl (C=O) groups excluding carboxylic acids is 2. The molecule has 13 heteroatoms. The van der Waals surface area contributed by atoms with Crippen LogP contribution in [0.4, 0.5) is 5.82 Å². The monoisotopic (exact) mass is 652 g/mol. The lowest BCUT2D eigenvalue weighted by Gasteiger charge is -2.34. The summed E-state index contributed by atoms with van der Waals surface area (Å²) in [5.74, 6) is 0.989. The van der Waals surface area contributed by atoms with Crippen LogP contribution in [0.1, 0.15) is 67.9 Å². The molecule has 4 heterocycles. The molecular formula is C34H48N6O7. The zero-order valence-electron chi connectivity index (χ0n) is 28.1. The molecule has 1 amide bonds. The topological polar surface area (TPSA) is 153 Å². The van der Waals surface area contributed by atoms with Gasteiger partial charge in [0.1, 0.15) is 11.7 Å². The number of esters is 1. The highest BCUT2D eigenvalue weighted by Crippen LogP contribution is 2.33. The predicted octanol–water partition coefficient (Wildman–Crippen LogP) is 3.04. The van der Waals surface area contributed by atoms with Crippen LogP contribution in [-0.2, 0) is 30.2 Å². The molecule has 2 aliphatic rings. The minimum Gasteiger partial charge on any atom is -0.468 e. The van der Waals surface area contributed by atoms with E-state index < -0.39 is 12.0 Å². The average molecular weight is 653 g/mol. The first-order valence-electron chi connectivity index (χ1n) is 16.3. The van der Waals surface area contributed by atoms with E-state index in [9.17, 15) is 14.7 Å². The van der Waals surface area contributed by atoms with Gasteiger partial charge >= 0.3 is 5.97 Å². The SMILES string of the molecule is COC(=O)C(c1cc(N2CCC(C(OC)OC)CC2)no1)C(C)Cc1cn(-c2ccc([C@H](C)NC(=O)[C@@H]3C[C@@H](O)CN3)cc2)c(C)n1. The third-order valence-corrected chi connectivity index (χ3v) is 9.48. The number of amides is 1. The van der Waals surface area contributed by atoms with Gasteiger partial charge in [0.2, 0.25) is 5.91 Å². The number of aryl methyl sites for hydroxylation is 1. The van der Waals surface area contributed by atoms with E-state index in [2.05, 4.69) is 20.7 Å². The van der Waals surface area contributed by atoms with Crippen LogP contribution in [0.25, 0.3) is 5.69 Å². The number of carbonyl (C=O) groups is 2. The average Bonchev–Trinajstić information content (AvgIpc) is 3.82. The minimum absolute atomic E-state index is 0.114. The molecule has 13 nitrogen and oxygen atoms in total. The smallest absolute Gasteiger partial charge is 0.316 e. The Morgan fingerprint density at radius 1 is 1.13 bits per heavy atom. The largest absolute Gasteiger partial charge is 0.468 e. The summed E-state index contributed by atoms with van der Waals surface area (Å²) in [6, 6.07) is 9.27. The van der Waals surface area contributed by atoms with Gasteiger partial charge in [0.05, 0.1) is 31.0 Å². The molecule has 5 rings (SSSR count). The van der Waals surface area contributed by atoms with Crippen molar-refractivity contribution in [1.82, 2.24) is 25.3 Å². The van der Waals surface area contributed by atoms with Crippen LogP contribution in [0.2, 0.25) is 0 Å². The number of benzene rings is 1.